The average Bonchev–Trinajstić information content (AvgIpc) is 3.18. The minimum absolute atomic E-state index is 0.0609. The second-order valence-electron chi connectivity index (χ2n) is 9.37. The van der Waals surface area contributed by atoms with Crippen molar-refractivity contribution >= 4 is 35.0 Å². The summed E-state index contributed by atoms with van der Waals surface area (Å²) in [5, 5.41) is 7.92. The molecule has 194 valence electrons. The fourth-order valence-corrected chi connectivity index (χ4v) is 3.85. The predicted molar refractivity (Wildman–Crippen MR) is 134 cm³/mol. The number of amides is 1. The number of ether oxygens (including phenoxy) is 2. The topological polar surface area (TPSA) is 133 Å². The minimum Gasteiger partial charge on any atom is -0.443 e. The maximum absolute atomic E-state index is 13.1. The summed E-state index contributed by atoms with van der Waals surface area (Å²) < 4.78 is 17.2. The van der Waals surface area contributed by atoms with E-state index in [9.17, 15) is 14.4 Å². The van der Waals surface area contributed by atoms with E-state index in [4.69, 9.17) is 32.7 Å². The molecule has 1 N–H and O–H groups in total. The SMILES string of the molecule is CC(C)c1cc(Oc2c(Cl)cc(N(C(=O)OC(C)(C)C)C(C)c3noc(=O)[nH]3)cc2Cl)nn(C)c1=O. The van der Waals surface area contributed by atoms with E-state index in [0.29, 0.717) is 5.56 Å². The van der Waals surface area contributed by atoms with E-state index in [1.54, 1.807) is 27.7 Å². The Morgan fingerprint density at radius 2 is 1.75 bits per heavy atom. The molecule has 2 heterocycles. The number of hydrogen-bond acceptors (Lipinski definition) is 8. The van der Waals surface area contributed by atoms with Crippen molar-refractivity contribution in [2.24, 2.45) is 7.05 Å². The molecule has 0 aliphatic carbocycles. The van der Waals surface area contributed by atoms with Crippen molar-refractivity contribution in [1.29, 1.82) is 0 Å². The summed E-state index contributed by atoms with van der Waals surface area (Å²) in [7, 11) is 1.52. The lowest BCUT2D eigenvalue weighted by Crippen LogP contribution is -2.39. The number of H-pyrrole nitrogens is 1. The molecule has 1 atom stereocenters. The Balaban J connectivity index is 2.04. The summed E-state index contributed by atoms with van der Waals surface area (Å²) in [5.74, 6) is -0.543. The van der Waals surface area contributed by atoms with E-state index >= 15 is 0 Å². The van der Waals surface area contributed by atoms with Gasteiger partial charge < -0.3 is 9.47 Å². The molecule has 0 fully saturated rings. The summed E-state index contributed by atoms with van der Waals surface area (Å²) in [6.45, 7) is 10.5. The third kappa shape index (κ3) is 6.08. The van der Waals surface area contributed by atoms with Crippen LogP contribution in [0.5, 0.6) is 11.6 Å². The van der Waals surface area contributed by atoms with Gasteiger partial charge in [0.15, 0.2) is 11.6 Å². The first-order chi connectivity index (χ1) is 16.7. The Kier molecular flexibility index (Phi) is 7.85. The van der Waals surface area contributed by atoms with Gasteiger partial charge in [0.2, 0.25) is 5.88 Å². The van der Waals surface area contributed by atoms with Crippen molar-refractivity contribution in [2.75, 3.05) is 4.90 Å². The molecule has 1 amide bonds. The van der Waals surface area contributed by atoms with E-state index in [0.717, 1.165) is 0 Å². The number of halogens is 2. The van der Waals surface area contributed by atoms with Crippen molar-refractivity contribution in [2.45, 2.75) is 59.1 Å². The average molecular weight is 540 g/mol. The Labute approximate surface area is 216 Å². The number of aryl methyl sites for hydroxylation is 1. The Morgan fingerprint density at radius 3 is 2.25 bits per heavy atom. The first-order valence-corrected chi connectivity index (χ1v) is 11.8. The molecule has 0 saturated carbocycles. The van der Waals surface area contributed by atoms with Crippen molar-refractivity contribution in [3.05, 3.63) is 60.5 Å². The van der Waals surface area contributed by atoms with Gasteiger partial charge in [0.25, 0.3) is 5.56 Å². The number of nitrogens with zero attached hydrogens (tertiary/aromatic N) is 4. The van der Waals surface area contributed by atoms with Crippen molar-refractivity contribution in [1.82, 2.24) is 19.9 Å². The maximum atomic E-state index is 13.1. The number of carbonyl (C=O) groups is 1. The van der Waals surface area contributed by atoms with Crippen LogP contribution in [-0.2, 0) is 11.8 Å². The van der Waals surface area contributed by atoms with Crippen LogP contribution in [0.2, 0.25) is 10.0 Å². The van der Waals surface area contributed by atoms with Crippen LogP contribution in [-0.4, -0.2) is 31.6 Å². The highest BCUT2D eigenvalue weighted by atomic mass is 35.5. The third-order valence-electron chi connectivity index (χ3n) is 4.99. The van der Waals surface area contributed by atoms with Crippen LogP contribution >= 0.6 is 23.2 Å². The molecule has 0 aliphatic heterocycles. The Hall–Kier alpha value is -3.31. The monoisotopic (exact) mass is 539 g/mol. The molecular weight excluding hydrogens is 513 g/mol. The predicted octanol–water partition coefficient (Wildman–Crippen LogP) is 5.18. The van der Waals surface area contributed by atoms with Crippen LogP contribution in [0.1, 0.15) is 64.9 Å². The lowest BCUT2D eigenvalue weighted by Gasteiger charge is -2.31. The second-order valence-corrected chi connectivity index (χ2v) is 10.2. The van der Waals surface area contributed by atoms with Gasteiger partial charge in [0.05, 0.1) is 21.8 Å². The molecule has 0 bridgehead atoms. The summed E-state index contributed by atoms with van der Waals surface area (Å²) in [6, 6.07) is 3.62. The number of anilines is 1. The standard InChI is InChI=1S/C23H27Cl2N5O6/c1-11(2)14-10-17(27-29(7)20(14)31)34-18-15(24)8-13(9-16(18)25)30(22(33)35-23(4,5)6)12(3)19-26-21(32)36-28-19/h8-12H,1-7H3,(H,26,28,32). The quantitative estimate of drug-likeness (QED) is 0.452. The zero-order chi connectivity index (χ0) is 26.9. The smallest absolute Gasteiger partial charge is 0.438 e. The van der Waals surface area contributed by atoms with Gasteiger partial charge in [-0.1, -0.05) is 42.2 Å². The molecule has 1 unspecified atom stereocenters. The summed E-state index contributed by atoms with van der Waals surface area (Å²) >= 11 is 13.0. The van der Waals surface area contributed by atoms with Gasteiger partial charge in [-0.05, 0) is 45.7 Å². The molecule has 0 radical (unpaired) electrons. The normalized spacial score (nSPS) is 12.5. The third-order valence-corrected chi connectivity index (χ3v) is 5.55. The lowest BCUT2D eigenvalue weighted by molar-refractivity contribution is 0.0566. The van der Waals surface area contributed by atoms with Gasteiger partial charge in [0, 0.05) is 18.7 Å². The fourth-order valence-electron chi connectivity index (χ4n) is 3.30. The molecule has 3 aromatic rings. The van der Waals surface area contributed by atoms with Crippen LogP contribution in [0.15, 0.2) is 32.3 Å². The Morgan fingerprint density at radius 1 is 1.14 bits per heavy atom. The van der Waals surface area contributed by atoms with Crippen LogP contribution in [0.25, 0.3) is 0 Å². The van der Waals surface area contributed by atoms with E-state index in [1.807, 2.05) is 13.8 Å². The number of aromatic amines is 1. The molecule has 1 aromatic carbocycles. The number of carbonyl (C=O) groups excluding carboxylic acids is 1. The number of rotatable bonds is 6. The summed E-state index contributed by atoms with van der Waals surface area (Å²) in [5.41, 5.74) is -0.290. The number of benzene rings is 1. The second kappa shape index (κ2) is 10.4. The van der Waals surface area contributed by atoms with Crippen LogP contribution in [0.3, 0.4) is 0 Å². The van der Waals surface area contributed by atoms with Gasteiger partial charge >= 0.3 is 11.8 Å². The molecule has 3 rings (SSSR count). The zero-order valence-electron chi connectivity index (χ0n) is 20.9. The van der Waals surface area contributed by atoms with Crippen molar-refractivity contribution in [3.8, 4) is 11.6 Å². The number of aromatic nitrogens is 4. The van der Waals surface area contributed by atoms with Gasteiger partial charge in [0.1, 0.15) is 5.60 Å². The van der Waals surface area contributed by atoms with Crippen LogP contribution < -0.4 is 21.0 Å². The molecule has 2 aromatic heterocycles. The zero-order valence-corrected chi connectivity index (χ0v) is 22.4. The summed E-state index contributed by atoms with van der Waals surface area (Å²) in [4.78, 5) is 40.6. The fraction of sp³-hybridized carbons (Fsp3) is 0.435. The summed E-state index contributed by atoms with van der Waals surface area (Å²) in [6.07, 6.45) is -0.735. The van der Waals surface area contributed by atoms with E-state index in [-0.39, 0.29) is 44.7 Å². The van der Waals surface area contributed by atoms with E-state index < -0.39 is 23.5 Å². The minimum atomic E-state index is -0.816. The lowest BCUT2D eigenvalue weighted by atomic mass is 10.1. The molecular formula is C23H27Cl2N5O6. The highest BCUT2D eigenvalue weighted by Crippen LogP contribution is 2.41. The van der Waals surface area contributed by atoms with Crippen molar-refractivity contribution in [3.63, 3.8) is 0 Å². The van der Waals surface area contributed by atoms with E-state index in [2.05, 4.69) is 19.8 Å². The number of hydrogen-bond donors (Lipinski definition) is 1. The van der Waals surface area contributed by atoms with Crippen molar-refractivity contribution < 1.29 is 18.8 Å². The first kappa shape index (κ1) is 27.3. The Bertz CT molecular complexity index is 1370. The molecule has 0 aliphatic rings. The molecule has 0 saturated heterocycles. The van der Waals surface area contributed by atoms with Crippen LogP contribution in [0.4, 0.5) is 10.5 Å². The van der Waals surface area contributed by atoms with E-state index in [1.165, 1.54) is 34.8 Å². The largest absolute Gasteiger partial charge is 0.443 e. The molecule has 11 nitrogen and oxygen atoms in total. The highest BCUT2D eigenvalue weighted by molar-refractivity contribution is 6.37. The molecule has 13 heteroatoms. The molecule has 0 spiro atoms. The number of nitrogens with one attached hydrogen (secondary N) is 1. The maximum Gasteiger partial charge on any atom is 0.438 e. The molecule has 36 heavy (non-hydrogen) atoms. The first-order valence-electron chi connectivity index (χ1n) is 11.0. The van der Waals surface area contributed by atoms with Gasteiger partial charge in [-0.3, -0.25) is 19.2 Å². The highest BCUT2D eigenvalue weighted by Gasteiger charge is 2.31. The van der Waals surface area contributed by atoms with Gasteiger partial charge in [-0.2, -0.15) is 0 Å². The van der Waals surface area contributed by atoms with Gasteiger partial charge in [-0.15, -0.1) is 5.10 Å². The van der Waals surface area contributed by atoms with Crippen LogP contribution in [0, 0.1) is 0 Å². The van der Waals surface area contributed by atoms with Gasteiger partial charge in [-0.25, -0.2) is 14.3 Å².